The van der Waals surface area contributed by atoms with E-state index in [4.69, 9.17) is 21.1 Å². The van der Waals surface area contributed by atoms with Crippen LogP contribution in [0.2, 0.25) is 5.02 Å². The fraction of sp³-hybridized carbons (Fsp3) is 0.364. The summed E-state index contributed by atoms with van der Waals surface area (Å²) in [7, 11) is 1.54. The van der Waals surface area contributed by atoms with E-state index >= 15 is 0 Å². The highest BCUT2D eigenvalue weighted by molar-refractivity contribution is 6.30. The lowest BCUT2D eigenvalue weighted by molar-refractivity contribution is -0.142. The molecular weight excluding hydrogens is 392 g/mol. The van der Waals surface area contributed by atoms with E-state index in [1.54, 1.807) is 37.3 Å². The van der Waals surface area contributed by atoms with Gasteiger partial charge in [-0.2, -0.15) is 0 Å². The minimum absolute atomic E-state index is 0.202. The molecule has 2 rings (SSSR count). The molecule has 0 heterocycles. The van der Waals surface area contributed by atoms with E-state index in [0.29, 0.717) is 23.1 Å². The number of carbonyl (C=O) groups is 2. The van der Waals surface area contributed by atoms with Crippen LogP contribution in [-0.4, -0.2) is 43.0 Å². The number of benzene rings is 2. The van der Waals surface area contributed by atoms with Gasteiger partial charge in [0.2, 0.25) is 5.91 Å². The number of halogens is 1. The van der Waals surface area contributed by atoms with Crippen molar-refractivity contribution in [2.24, 2.45) is 0 Å². The first-order chi connectivity index (χ1) is 14.0. The molecule has 2 aromatic rings. The highest BCUT2D eigenvalue weighted by Gasteiger charge is 2.26. The van der Waals surface area contributed by atoms with Gasteiger partial charge in [-0.05, 0) is 43.2 Å². The van der Waals surface area contributed by atoms with Gasteiger partial charge >= 0.3 is 0 Å². The Morgan fingerprint density at radius 2 is 1.76 bits per heavy atom. The van der Waals surface area contributed by atoms with Crippen LogP contribution in [-0.2, 0) is 16.1 Å². The lowest BCUT2D eigenvalue weighted by Crippen LogP contribution is -2.49. The zero-order valence-corrected chi connectivity index (χ0v) is 17.7. The Balaban J connectivity index is 2.14. The Labute approximate surface area is 176 Å². The van der Waals surface area contributed by atoms with Gasteiger partial charge in [0.15, 0.2) is 18.1 Å². The number of methoxy groups -OCH3 is 1. The topological polar surface area (TPSA) is 67.9 Å². The van der Waals surface area contributed by atoms with Crippen molar-refractivity contribution >= 4 is 23.4 Å². The number of rotatable bonds is 10. The quantitative estimate of drug-likeness (QED) is 0.639. The van der Waals surface area contributed by atoms with Crippen LogP contribution in [0.3, 0.4) is 0 Å². The van der Waals surface area contributed by atoms with Crippen LogP contribution in [0, 0.1) is 0 Å². The molecule has 2 aromatic carbocycles. The first-order valence-electron chi connectivity index (χ1n) is 9.53. The molecule has 1 N–H and O–H groups in total. The minimum Gasteiger partial charge on any atom is -0.493 e. The fourth-order valence-electron chi connectivity index (χ4n) is 2.73. The molecule has 0 bridgehead atoms. The number of nitrogens with one attached hydrogen (secondary N) is 1. The lowest BCUT2D eigenvalue weighted by Gasteiger charge is -2.28. The molecule has 1 atom stereocenters. The summed E-state index contributed by atoms with van der Waals surface area (Å²) in [5, 5.41) is 3.45. The summed E-state index contributed by atoms with van der Waals surface area (Å²) in [5.74, 6) is 0.507. The lowest BCUT2D eigenvalue weighted by atomic mass is 10.1. The molecule has 0 saturated carbocycles. The van der Waals surface area contributed by atoms with Crippen LogP contribution in [0.4, 0.5) is 0 Å². The SMILES string of the molecule is CCCNC(=O)[C@H](C)N(Cc1ccc(Cl)cc1)C(=O)COc1ccccc1OC. The van der Waals surface area contributed by atoms with Crippen LogP contribution in [0.15, 0.2) is 48.5 Å². The molecule has 0 aliphatic rings. The van der Waals surface area contributed by atoms with Crippen molar-refractivity contribution in [3.63, 3.8) is 0 Å². The molecule has 0 aromatic heterocycles. The van der Waals surface area contributed by atoms with E-state index in [-0.39, 0.29) is 25.0 Å². The number of para-hydroxylation sites is 2. The van der Waals surface area contributed by atoms with Crippen molar-refractivity contribution in [3.05, 3.63) is 59.1 Å². The minimum atomic E-state index is -0.647. The summed E-state index contributed by atoms with van der Waals surface area (Å²) in [5.41, 5.74) is 0.871. The third-order valence-electron chi connectivity index (χ3n) is 4.40. The average molecular weight is 419 g/mol. The Morgan fingerprint density at radius 1 is 1.10 bits per heavy atom. The summed E-state index contributed by atoms with van der Waals surface area (Å²) < 4.78 is 10.9. The van der Waals surface area contributed by atoms with Crippen molar-refractivity contribution in [3.8, 4) is 11.5 Å². The van der Waals surface area contributed by atoms with Gasteiger partial charge in [-0.25, -0.2) is 0 Å². The Hall–Kier alpha value is -2.73. The van der Waals surface area contributed by atoms with Gasteiger partial charge in [0, 0.05) is 18.1 Å². The highest BCUT2D eigenvalue weighted by Crippen LogP contribution is 2.26. The second kappa shape index (κ2) is 11.3. The summed E-state index contributed by atoms with van der Waals surface area (Å²) >= 11 is 5.95. The maximum Gasteiger partial charge on any atom is 0.261 e. The predicted molar refractivity (Wildman–Crippen MR) is 113 cm³/mol. The summed E-state index contributed by atoms with van der Waals surface area (Å²) in [6.45, 7) is 4.31. The van der Waals surface area contributed by atoms with Gasteiger partial charge in [0.1, 0.15) is 6.04 Å². The molecule has 0 unspecified atom stereocenters. The highest BCUT2D eigenvalue weighted by atomic mass is 35.5. The van der Waals surface area contributed by atoms with Crippen molar-refractivity contribution in [2.45, 2.75) is 32.9 Å². The molecule has 0 spiro atoms. The number of ether oxygens (including phenoxy) is 2. The van der Waals surface area contributed by atoms with Crippen LogP contribution >= 0.6 is 11.6 Å². The number of hydrogen-bond acceptors (Lipinski definition) is 4. The summed E-state index contributed by atoms with van der Waals surface area (Å²) in [6, 6.07) is 13.6. The Bertz CT molecular complexity index is 811. The molecule has 6 nitrogen and oxygen atoms in total. The van der Waals surface area contributed by atoms with Gasteiger partial charge in [-0.3, -0.25) is 9.59 Å². The van der Waals surface area contributed by atoms with E-state index in [2.05, 4.69) is 5.32 Å². The zero-order chi connectivity index (χ0) is 21.2. The second-order valence-corrected chi connectivity index (χ2v) is 6.99. The fourth-order valence-corrected chi connectivity index (χ4v) is 2.85. The molecule has 2 amide bonds. The third-order valence-corrected chi connectivity index (χ3v) is 4.65. The molecule has 0 aliphatic heterocycles. The molecule has 7 heteroatoms. The van der Waals surface area contributed by atoms with Gasteiger partial charge in [0.05, 0.1) is 7.11 Å². The number of nitrogens with zero attached hydrogens (tertiary/aromatic N) is 1. The van der Waals surface area contributed by atoms with Crippen molar-refractivity contribution in [1.29, 1.82) is 0 Å². The van der Waals surface area contributed by atoms with E-state index in [1.807, 2.05) is 25.1 Å². The molecule has 29 heavy (non-hydrogen) atoms. The zero-order valence-electron chi connectivity index (χ0n) is 17.0. The van der Waals surface area contributed by atoms with E-state index in [9.17, 15) is 9.59 Å². The van der Waals surface area contributed by atoms with Gasteiger partial charge in [-0.15, -0.1) is 0 Å². The van der Waals surface area contributed by atoms with E-state index in [1.165, 1.54) is 12.0 Å². The first kappa shape index (κ1) is 22.6. The average Bonchev–Trinajstić information content (AvgIpc) is 2.75. The predicted octanol–water partition coefficient (Wildman–Crippen LogP) is 3.67. The molecule has 0 aliphatic carbocycles. The maximum absolute atomic E-state index is 13.0. The Kier molecular flexibility index (Phi) is 8.80. The maximum atomic E-state index is 13.0. The second-order valence-electron chi connectivity index (χ2n) is 6.55. The number of hydrogen-bond donors (Lipinski definition) is 1. The van der Waals surface area contributed by atoms with Crippen LogP contribution in [0.5, 0.6) is 11.5 Å². The van der Waals surface area contributed by atoms with Gasteiger partial charge in [-0.1, -0.05) is 42.8 Å². The van der Waals surface area contributed by atoms with Crippen LogP contribution in [0.25, 0.3) is 0 Å². The molecular formula is C22H27ClN2O4. The van der Waals surface area contributed by atoms with E-state index in [0.717, 1.165) is 12.0 Å². The van der Waals surface area contributed by atoms with Crippen molar-refractivity contribution in [1.82, 2.24) is 10.2 Å². The van der Waals surface area contributed by atoms with Crippen molar-refractivity contribution < 1.29 is 19.1 Å². The molecule has 0 radical (unpaired) electrons. The van der Waals surface area contributed by atoms with Crippen molar-refractivity contribution in [2.75, 3.05) is 20.3 Å². The first-order valence-corrected chi connectivity index (χ1v) is 9.91. The third kappa shape index (κ3) is 6.68. The molecule has 156 valence electrons. The summed E-state index contributed by atoms with van der Waals surface area (Å²) in [6.07, 6.45) is 0.820. The monoisotopic (exact) mass is 418 g/mol. The smallest absolute Gasteiger partial charge is 0.261 e. The van der Waals surface area contributed by atoms with Crippen LogP contribution in [0.1, 0.15) is 25.8 Å². The van der Waals surface area contributed by atoms with E-state index < -0.39 is 6.04 Å². The number of amides is 2. The molecule has 0 saturated heterocycles. The molecule has 0 fully saturated rings. The standard InChI is InChI=1S/C22H27ClN2O4/c1-4-13-24-22(27)16(2)25(14-17-9-11-18(23)12-10-17)21(26)15-29-20-8-6-5-7-19(20)28-3/h5-12,16H,4,13-15H2,1-3H3,(H,24,27)/t16-/m0/s1. The van der Waals surface area contributed by atoms with Gasteiger partial charge in [0.25, 0.3) is 5.91 Å². The van der Waals surface area contributed by atoms with Crippen LogP contribution < -0.4 is 14.8 Å². The normalized spacial score (nSPS) is 11.4. The van der Waals surface area contributed by atoms with Gasteiger partial charge < -0.3 is 19.7 Å². The largest absolute Gasteiger partial charge is 0.493 e. The summed E-state index contributed by atoms with van der Waals surface area (Å²) in [4.78, 5) is 26.9. The Morgan fingerprint density at radius 3 is 2.38 bits per heavy atom. The number of carbonyl (C=O) groups excluding carboxylic acids is 2.